The third-order valence-electron chi connectivity index (χ3n) is 5.68. The minimum absolute atomic E-state index is 0.104. The van der Waals surface area contributed by atoms with E-state index in [0.717, 1.165) is 44.2 Å². The van der Waals surface area contributed by atoms with Crippen molar-refractivity contribution < 1.29 is 31.1 Å². The molecule has 1 saturated carbocycles. The quantitative estimate of drug-likeness (QED) is 0.451. The number of rotatable bonds is 6. The van der Waals surface area contributed by atoms with Crippen LogP contribution in [0.2, 0.25) is 0 Å². The Morgan fingerprint density at radius 1 is 0.828 bits per heavy atom. The zero-order valence-electron chi connectivity index (χ0n) is 16.0. The first-order valence-corrected chi connectivity index (χ1v) is 9.70. The van der Waals surface area contributed by atoms with E-state index < -0.39 is 53.2 Å². The molecule has 0 heterocycles. The molecule has 1 aliphatic carbocycles. The Kier molecular flexibility index (Phi) is 6.75. The minimum Gasteiger partial charge on any atom is -0.484 e. The van der Waals surface area contributed by atoms with E-state index in [-0.39, 0.29) is 11.5 Å². The van der Waals surface area contributed by atoms with Gasteiger partial charge in [-0.15, -0.1) is 0 Å². The number of alkyl halides is 2. The van der Waals surface area contributed by atoms with E-state index in [2.05, 4.69) is 11.7 Å². The molecule has 29 heavy (non-hydrogen) atoms. The fourth-order valence-electron chi connectivity index (χ4n) is 3.97. The summed E-state index contributed by atoms with van der Waals surface area (Å²) in [6.45, 7) is 1.01. The maximum Gasteiger partial charge on any atom is 0.272 e. The Balaban J connectivity index is 1.88. The summed E-state index contributed by atoms with van der Waals surface area (Å²) in [5.74, 6) is -5.53. The standard InChI is InChI=1S/C22H22F6O/c1-2-12-3-5-13(6-4-12)14-7-8-15(20(26)19(14)25)16-9-10-17(22(28)21(16)27)29-11-18(23)24/h7-10,12-13,18H,2-6,11H2,1H3. The lowest BCUT2D eigenvalue weighted by Crippen LogP contribution is -2.14. The third kappa shape index (κ3) is 4.54. The van der Waals surface area contributed by atoms with Crippen LogP contribution in [0.1, 0.15) is 50.5 Å². The van der Waals surface area contributed by atoms with Crippen LogP contribution in [0, 0.1) is 29.2 Å². The number of hydrogen-bond donors (Lipinski definition) is 0. The maximum absolute atomic E-state index is 14.7. The summed E-state index contributed by atoms with van der Waals surface area (Å²) in [5, 5.41) is 0. The van der Waals surface area contributed by atoms with Gasteiger partial charge in [-0.1, -0.05) is 25.5 Å². The lowest BCUT2D eigenvalue weighted by atomic mass is 9.77. The average Bonchev–Trinajstić information content (AvgIpc) is 2.71. The van der Waals surface area contributed by atoms with E-state index in [1.165, 1.54) is 12.1 Å². The highest BCUT2D eigenvalue weighted by atomic mass is 19.3. The van der Waals surface area contributed by atoms with E-state index in [9.17, 15) is 26.3 Å². The van der Waals surface area contributed by atoms with E-state index in [0.29, 0.717) is 5.92 Å². The first-order valence-electron chi connectivity index (χ1n) is 9.70. The maximum atomic E-state index is 14.7. The van der Waals surface area contributed by atoms with Gasteiger partial charge < -0.3 is 4.74 Å². The topological polar surface area (TPSA) is 9.23 Å². The molecule has 0 spiro atoms. The van der Waals surface area contributed by atoms with Crippen molar-refractivity contribution >= 4 is 0 Å². The number of benzene rings is 2. The molecule has 1 nitrogen and oxygen atoms in total. The Hall–Kier alpha value is -2.18. The summed E-state index contributed by atoms with van der Waals surface area (Å²) in [7, 11) is 0. The van der Waals surface area contributed by atoms with Crippen molar-refractivity contribution in [3.8, 4) is 16.9 Å². The summed E-state index contributed by atoms with van der Waals surface area (Å²) in [6, 6.07) is 4.57. The molecule has 1 fully saturated rings. The Morgan fingerprint density at radius 2 is 1.41 bits per heavy atom. The van der Waals surface area contributed by atoms with Crippen molar-refractivity contribution in [3.63, 3.8) is 0 Å². The average molecular weight is 416 g/mol. The van der Waals surface area contributed by atoms with Crippen LogP contribution in [0.15, 0.2) is 24.3 Å². The molecule has 7 heteroatoms. The highest BCUT2D eigenvalue weighted by molar-refractivity contribution is 5.66. The lowest BCUT2D eigenvalue weighted by Gasteiger charge is -2.28. The van der Waals surface area contributed by atoms with Gasteiger partial charge in [0.2, 0.25) is 5.82 Å². The molecule has 0 bridgehead atoms. The van der Waals surface area contributed by atoms with Crippen molar-refractivity contribution in [2.24, 2.45) is 5.92 Å². The van der Waals surface area contributed by atoms with Gasteiger partial charge in [0.15, 0.2) is 23.2 Å². The fraction of sp³-hybridized carbons (Fsp3) is 0.455. The van der Waals surface area contributed by atoms with Gasteiger partial charge in [-0.05, 0) is 55.2 Å². The van der Waals surface area contributed by atoms with Gasteiger partial charge in [0.1, 0.15) is 6.61 Å². The van der Waals surface area contributed by atoms with Crippen molar-refractivity contribution in [2.45, 2.75) is 51.4 Å². The Morgan fingerprint density at radius 3 is 2.00 bits per heavy atom. The summed E-state index contributed by atoms with van der Waals surface area (Å²) < 4.78 is 86.8. The highest BCUT2D eigenvalue weighted by Gasteiger charge is 2.27. The predicted octanol–water partition coefficient (Wildman–Crippen LogP) is 7.24. The van der Waals surface area contributed by atoms with E-state index in [1.54, 1.807) is 0 Å². The summed E-state index contributed by atoms with van der Waals surface area (Å²) in [6.07, 6.45) is 1.61. The summed E-state index contributed by atoms with van der Waals surface area (Å²) in [5.41, 5.74) is -0.673. The van der Waals surface area contributed by atoms with Gasteiger partial charge in [0.25, 0.3) is 6.43 Å². The number of halogens is 6. The summed E-state index contributed by atoms with van der Waals surface area (Å²) in [4.78, 5) is 0. The SMILES string of the molecule is CCC1CCC(c2ccc(-c3ccc(OCC(F)F)c(F)c3F)c(F)c2F)CC1. The molecule has 0 aromatic heterocycles. The smallest absolute Gasteiger partial charge is 0.272 e. The molecule has 3 rings (SSSR count). The normalized spacial score (nSPS) is 19.6. The van der Waals surface area contributed by atoms with Crippen LogP contribution in [0.5, 0.6) is 5.75 Å². The zero-order chi connectivity index (χ0) is 21.1. The fourth-order valence-corrected chi connectivity index (χ4v) is 3.97. The molecule has 0 saturated heterocycles. The van der Waals surface area contributed by atoms with Crippen LogP contribution in [0.4, 0.5) is 26.3 Å². The van der Waals surface area contributed by atoms with Crippen LogP contribution >= 0.6 is 0 Å². The zero-order valence-corrected chi connectivity index (χ0v) is 16.0. The third-order valence-corrected chi connectivity index (χ3v) is 5.68. The van der Waals surface area contributed by atoms with Crippen LogP contribution < -0.4 is 4.74 Å². The minimum atomic E-state index is -2.86. The molecule has 158 valence electrons. The molecule has 0 radical (unpaired) electrons. The lowest BCUT2D eigenvalue weighted by molar-refractivity contribution is 0.0795. The first kappa shape index (κ1) is 21.5. The van der Waals surface area contributed by atoms with Crippen molar-refractivity contribution in [2.75, 3.05) is 6.61 Å². The molecule has 2 aromatic carbocycles. The van der Waals surface area contributed by atoms with E-state index >= 15 is 0 Å². The number of hydrogen-bond acceptors (Lipinski definition) is 1. The highest BCUT2D eigenvalue weighted by Crippen LogP contribution is 2.40. The second-order valence-corrected chi connectivity index (χ2v) is 7.40. The molecule has 0 amide bonds. The largest absolute Gasteiger partial charge is 0.484 e. The van der Waals surface area contributed by atoms with Crippen molar-refractivity contribution in [1.29, 1.82) is 0 Å². The van der Waals surface area contributed by atoms with Gasteiger partial charge in [-0.25, -0.2) is 22.0 Å². The van der Waals surface area contributed by atoms with Gasteiger partial charge in [0.05, 0.1) is 0 Å². The Labute approximate surface area is 165 Å². The van der Waals surface area contributed by atoms with Crippen molar-refractivity contribution in [1.82, 2.24) is 0 Å². The molecule has 2 aromatic rings. The summed E-state index contributed by atoms with van der Waals surface area (Å²) >= 11 is 0. The van der Waals surface area contributed by atoms with Crippen LogP contribution in [-0.2, 0) is 0 Å². The predicted molar refractivity (Wildman–Crippen MR) is 98.2 cm³/mol. The van der Waals surface area contributed by atoms with Crippen molar-refractivity contribution in [3.05, 3.63) is 53.1 Å². The van der Waals surface area contributed by atoms with Gasteiger partial charge in [-0.2, -0.15) is 4.39 Å². The number of ether oxygens (including phenoxy) is 1. The van der Waals surface area contributed by atoms with Crippen LogP contribution in [0.3, 0.4) is 0 Å². The first-order chi connectivity index (χ1) is 13.8. The van der Waals surface area contributed by atoms with Gasteiger partial charge in [-0.3, -0.25) is 0 Å². The Bertz CT molecular complexity index is 859. The molecular formula is C22H22F6O. The molecule has 0 aliphatic heterocycles. The molecule has 1 aliphatic rings. The second-order valence-electron chi connectivity index (χ2n) is 7.40. The van der Waals surface area contributed by atoms with Gasteiger partial charge >= 0.3 is 0 Å². The second kappa shape index (κ2) is 9.09. The van der Waals surface area contributed by atoms with E-state index in [4.69, 9.17) is 0 Å². The van der Waals surface area contributed by atoms with Crippen LogP contribution in [0.25, 0.3) is 11.1 Å². The molecule has 0 atom stereocenters. The van der Waals surface area contributed by atoms with Gasteiger partial charge in [0, 0.05) is 11.1 Å². The molecule has 0 unspecified atom stereocenters. The molecule has 0 N–H and O–H groups in total. The van der Waals surface area contributed by atoms with Crippen LogP contribution in [-0.4, -0.2) is 13.0 Å². The van der Waals surface area contributed by atoms with E-state index in [1.807, 2.05) is 0 Å². The molecular weight excluding hydrogens is 394 g/mol. The monoisotopic (exact) mass is 416 g/mol.